The monoisotopic (exact) mass is 221 g/mol. The van der Waals surface area contributed by atoms with E-state index in [1.54, 1.807) is 11.3 Å². The summed E-state index contributed by atoms with van der Waals surface area (Å²) in [6.07, 6.45) is 1.84. The second-order valence-electron chi connectivity index (χ2n) is 4.28. The molecule has 3 nitrogen and oxygen atoms in total. The molecule has 0 bridgehead atoms. The first-order valence-electron chi connectivity index (χ1n) is 4.88. The van der Waals surface area contributed by atoms with Gasteiger partial charge in [0.05, 0.1) is 22.3 Å². The van der Waals surface area contributed by atoms with Gasteiger partial charge in [0.15, 0.2) is 0 Å². The van der Waals surface area contributed by atoms with E-state index in [2.05, 4.69) is 29.0 Å². The van der Waals surface area contributed by atoms with Crippen LogP contribution in [0.15, 0.2) is 18.3 Å². The Balaban J connectivity index is 2.36. The molecule has 2 rings (SSSR count). The van der Waals surface area contributed by atoms with Gasteiger partial charge in [-0.3, -0.25) is 0 Å². The van der Waals surface area contributed by atoms with Gasteiger partial charge in [-0.05, 0) is 32.9 Å². The van der Waals surface area contributed by atoms with Gasteiger partial charge in [0, 0.05) is 4.88 Å². The van der Waals surface area contributed by atoms with Gasteiger partial charge in [-0.1, -0.05) is 0 Å². The summed E-state index contributed by atoms with van der Waals surface area (Å²) in [4.78, 5) is 10.1. The minimum Gasteiger partial charge on any atom is -0.340 e. The zero-order chi connectivity index (χ0) is 11.1. The van der Waals surface area contributed by atoms with Crippen LogP contribution < -0.4 is 5.73 Å². The Morgan fingerprint density at radius 3 is 2.60 bits per heavy atom. The summed E-state index contributed by atoms with van der Waals surface area (Å²) in [6, 6.07) is 4.20. The van der Waals surface area contributed by atoms with E-state index in [1.165, 1.54) is 9.75 Å². The third-order valence-electron chi connectivity index (χ3n) is 2.19. The summed E-state index contributed by atoms with van der Waals surface area (Å²) in [5.74, 6) is 0.823. The highest BCUT2D eigenvalue weighted by atomic mass is 32.1. The lowest BCUT2D eigenvalue weighted by atomic mass is 10.1. The average molecular weight is 221 g/mol. The van der Waals surface area contributed by atoms with Crippen molar-refractivity contribution in [2.75, 3.05) is 0 Å². The molecule has 0 aliphatic rings. The third-order valence-corrected chi connectivity index (χ3v) is 3.23. The molecule has 80 valence electrons. The molecule has 0 spiro atoms. The Morgan fingerprint density at radius 2 is 2.13 bits per heavy atom. The Bertz CT molecular complexity index is 462. The maximum Gasteiger partial charge on any atom is 0.126 e. The molecule has 0 aromatic carbocycles. The highest BCUT2D eigenvalue weighted by Crippen LogP contribution is 2.27. The fourth-order valence-electron chi connectivity index (χ4n) is 1.35. The van der Waals surface area contributed by atoms with Gasteiger partial charge in [0.1, 0.15) is 5.82 Å². The Hall–Kier alpha value is -1.13. The van der Waals surface area contributed by atoms with Crippen LogP contribution in [0.2, 0.25) is 0 Å². The van der Waals surface area contributed by atoms with E-state index in [1.807, 2.05) is 20.0 Å². The highest BCUT2D eigenvalue weighted by Gasteiger charge is 2.18. The summed E-state index contributed by atoms with van der Waals surface area (Å²) in [6.45, 7) is 5.98. The van der Waals surface area contributed by atoms with Gasteiger partial charge in [-0.25, -0.2) is 4.98 Å². The molecule has 0 unspecified atom stereocenters. The lowest BCUT2D eigenvalue weighted by Crippen LogP contribution is -2.30. The first kappa shape index (κ1) is 10.4. The van der Waals surface area contributed by atoms with E-state index in [9.17, 15) is 0 Å². The predicted octanol–water partition coefficient (Wildman–Crippen LogP) is 2.64. The zero-order valence-corrected chi connectivity index (χ0v) is 9.98. The SMILES string of the molecule is Cc1ccc(-c2cnc(C(C)(C)N)[nH]2)s1. The maximum absolute atomic E-state index is 5.96. The van der Waals surface area contributed by atoms with Gasteiger partial charge in [-0.15, -0.1) is 11.3 Å². The number of aromatic nitrogens is 2. The van der Waals surface area contributed by atoms with Gasteiger partial charge < -0.3 is 10.7 Å². The van der Waals surface area contributed by atoms with Crippen molar-refractivity contribution in [1.82, 2.24) is 9.97 Å². The lowest BCUT2D eigenvalue weighted by Gasteiger charge is -2.14. The van der Waals surface area contributed by atoms with Crippen molar-refractivity contribution in [3.8, 4) is 10.6 Å². The van der Waals surface area contributed by atoms with Crippen LogP contribution in [0.5, 0.6) is 0 Å². The van der Waals surface area contributed by atoms with Crippen molar-refractivity contribution in [3.05, 3.63) is 29.0 Å². The molecule has 0 radical (unpaired) electrons. The van der Waals surface area contributed by atoms with E-state index < -0.39 is 5.54 Å². The van der Waals surface area contributed by atoms with Crippen molar-refractivity contribution < 1.29 is 0 Å². The van der Waals surface area contributed by atoms with Crippen LogP contribution in [0.4, 0.5) is 0 Å². The van der Waals surface area contributed by atoms with Crippen molar-refractivity contribution in [2.24, 2.45) is 5.73 Å². The van der Waals surface area contributed by atoms with E-state index in [0.717, 1.165) is 11.5 Å². The molecular formula is C11H15N3S. The predicted molar refractivity (Wildman–Crippen MR) is 63.9 cm³/mol. The largest absolute Gasteiger partial charge is 0.340 e. The first-order chi connectivity index (χ1) is 6.97. The molecule has 0 saturated heterocycles. The van der Waals surface area contributed by atoms with Gasteiger partial charge >= 0.3 is 0 Å². The summed E-state index contributed by atoms with van der Waals surface area (Å²) in [7, 11) is 0. The van der Waals surface area contributed by atoms with Crippen LogP contribution in [0.1, 0.15) is 24.5 Å². The van der Waals surface area contributed by atoms with Crippen LogP contribution >= 0.6 is 11.3 Å². The summed E-state index contributed by atoms with van der Waals surface area (Å²) in [5.41, 5.74) is 6.59. The highest BCUT2D eigenvalue weighted by molar-refractivity contribution is 7.15. The third kappa shape index (κ3) is 2.11. The molecule has 3 N–H and O–H groups in total. The van der Waals surface area contributed by atoms with E-state index in [-0.39, 0.29) is 0 Å². The number of hydrogen-bond acceptors (Lipinski definition) is 3. The lowest BCUT2D eigenvalue weighted by molar-refractivity contribution is 0.520. The minimum absolute atomic E-state index is 0.412. The van der Waals surface area contributed by atoms with Crippen molar-refractivity contribution in [3.63, 3.8) is 0 Å². The summed E-state index contributed by atoms with van der Waals surface area (Å²) < 4.78 is 0. The van der Waals surface area contributed by atoms with Gasteiger partial charge in [-0.2, -0.15) is 0 Å². The fourth-order valence-corrected chi connectivity index (χ4v) is 2.19. The molecular weight excluding hydrogens is 206 g/mol. The molecule has 2 heterocycles. The maximum atomic E-state index is 5.96. The number of nitrogens with zero attached hydrogens (tertiary/aromatic N) is 1. The van der Waals surface area contributed by atoms with Crippen LogP contribution in [-0.2, 0) is 5.54 Å². The number of H-pyrrole nitrogens is 1. The second-order valence-corrected chi connectivity index (χ2v) is 5.57. The molecule has 2 aromatic rings. The van der Waals surface area contributed by atoms with Gasteiger partial charge in [0.25, 0.3) is 0 Å². The molecule has 0 fully saturated rings. The smallest absolute Gasteiger partial charge is 0.126 e. The average Bonchev–Trinajstić information content (AvgIpc) is 2.69. The summed E-state index contributed by atoms with van der Waals surface area (Å²) >= 11 is 1.75. The Kier molecular flexibility index (Phi) is 2.40. The van der Waals surface area contributed by atoms with Gasteiger partial charge in [0.2, 0.25) is 0 Å². The first-order valence-corrected chi connectivity index (χ1v) is 5.69. The number of rotatable bonds is 2. The molecule has 4 heteroatoms. The van der Waals surface area contributed by atoms with Crippen LogP contribution in [-0.4, -0.2) is 9.97 Å². The number of hydrogen-bond donors (Lipinski definition) is 2. The number of aryl methyl sites for hydroxylation is 1. The Labute approximate surface area is 93.4 Å². The van der Waals surface area contributed by atoms with Crippen molar-refractivity contribution in [1.29, 1.82) is 0 Å². The number of aromatic amines is 1. The second kappa shape index (κ2) is 3.47. The van der Waals surface area contributed by atoms with E-state index >= 15 is 0 Å². The Morgan fingerprint density at radius 1 is 1.40 bits per heavy atom. The van der Waals surface area contributed by atoms with Crippen LogP contribution in [0.3, 0.4) is 0 Å². The molecule has 0 saturated carbocycles. The topological polar surface area (TPSA) is 54.7 Å². The number of nitrogens with two attached hydrogens (primary N) is 1. The quantitative estimate of drug-likeness (QED) is 0.819. The summed E-state index contributed by atoms with van der Waals surface area (Å²) in [5, 5.41) is 0. The van der Waals surface area contributed by atoms with Crippen molar-refractivity contribution in [2.45, 2.75) is 26.3 Å². The molecule has 0 amide bonds. The van der Waals surface area contributed by atoms with Crippen molar-refractivity contribution >= 4 is 11.3 Å². The van der Waals surface area contributed by atoms with Crippen LogP contribution in [0, 0.1) is 6.92 Å². The van der Waals surface area contributed by atoms with E-state index in [4.69, 9.17) is 5.73 Å². The number of thiophene rings is 1. The number of imidazole rings is 1. The minimum atomic E-state index is -0.412. The fraction of sp³-hybridized carbons (Fsp3) is 0.364. The molecule has 15 heavy (non-hydrogen) atoms. The molecule has 2 aromatic heterocycles. The van der Waals surface area contributed by atoms with Crippen LogP contribution in [0.25, 0.3) is 10.6 Å². The molecule has 0 atom stereocenters. The van der Waals surface area contributed by atoms with E-state index in [0.29, 0.717) is 0 Å². The zero-order valence-electron chi connectivity index (χ0n) is 9.16. The molecule has 0 aliphatic carbocycles. The number of nitrogens with one attached hydrogen (secondary N) is 1. The normalized spacial score (nSPS) is 12.0. The molecule has 0 aliphatic heterocycles. The standard InChI is InChI=1S/C11H15N3S/c1-7-4-5-9(15-7)8-6-13-10(14-8)11(2,3)12/h4-6H,12H2,1-3H3,(H,13,14).